The van der Waals surface area contributed by atoms with Crippen LogP contribution in [-0.4, -0.2) is 47.3 Å². The van der Waals surface area contributed by atoms with Gasteiger partial charge in [0, 0.05) is 23.7 Å². The van der Waals surface area contributed by atoms with Crippen molar-refractivity contribution in [3.8, 4) is 11.5 Å². The van der Waals surface area contributed by atoms with E-state index in [1.54, 1.807) is 29.2 Å². The zero-order valence-electron chi connectivity index (χ0n) is 10.6. The standard InChI is InChI=1S/C13H12ClN3O3/c14-10-3-1-2-9(8-10)11-15-16-12(20-11)13(18)17-4-6-19-7-5-17/h1-3,8H,4-7H2. The number of carbonyl (C=O) groups excluding carboxylic acids is 1. The van der Waals surface area contributed by atoms with E-state index in [9.17, 15) is 4.79 Å². The van der Waals surface area contributed by atoms with Gasteiger partial charge in [0.2, 0.25) is 5.89 Å². The fourth-order valence-electron chi connectivity index (χ4n) is 1.95. The van der Waals surface area contributed by atoms with Gasteiger partial charge in [0.1, 0.15) is 0 Å². The van der Waals surface area contributed by atoms with E-state index in [2.05, 4.69) is 10.2 Å². The Morgan fingerprint density at radius 3 is 2.80 bits per heavy atom. The maximum atomic E-state index is 12.2. The summed E-state index contributed by atoms with van der Waals surface area (Å²) >= 11 is 5.91. The highest BCUT2D eigenvalue weighted by Crippen LogP contribution is 2.21. The number of carbonyl (C=O) groups is 1. The first-order valence-electron chi connectivity index (χ1n) is 6.20. The third-order valence-corrected chi connectivity index (χ3v) is 3.21. The van der Waals surface area contributed by atoms with Crippen LogP contribution >= 0.6 is 11.6 Å². The number of hydrogen-bond donors (Lipinski definition) is 0. The molecule has 6 nitrogen and oxygen atoms in total. The second kappa shape index (κ2) is 5.60. The fraction of sp³-hybridized carbons (Fsp3) is 0.308. The number of aromatic nitrogens is 2. The summed E-state index contributed by atoms with van der Waals surface area (Å²) in [5, 5.41) is 8.27. The SMILES string of the molecule is O=C(c1nnc(-c2cccc(Cl)c2)o1)N1CCOCC1. The van der Waals surface area contributed by atoms with Gasteiger partial charge in [-0.2, -0.15) is 0 Å². The van der Waals surface area contributed by atoms with E-state index in [0.29, 0.717) is 36.9 Å². The molecule has 1 amide bonds. The van der Waals surface area contributed by atoms with E-state index in [4.69, 9.17) is 20.8 Å². The summed E-state index contributed by atoms with van der Waals surface area (Å²) in [4.78, 5) is 13.8. The summed E-state index contributed by atoms with van der Waals surface area (Å²) in [6, 6.07) is 7.03. The molecule has 1 aliphatic rings. The average molecular weight is 294 g/mol. The molecule has 0 N–H and O–H groups in total. The van der Waals surface area contributed by atoms with Gasteiger partial charge in [-0.3, -0.25) is 4.79 Å². The quantitative estimate of drug-likeness (QED) is 0.845. The van der Waals surface area contributed by atoms with E-state index in [-0.39, 0.29) is 17.7 Å². The summed E-state index contributed by atoms with van der Waals surface area (Å²) in [7, 11) is 0. The van der Waals surface area contributed by atoms with E-state index >= 15 is 0 Å². The molecule has 2 aromatic rings. The molecule has 1 aromatic carbocycles. The van der Waals surface area contributed by atoms with Gasteiger partial charge in [0.15, 0.2) is 0 Å². The van der Waals surface area contributed by atoms with Gasteiger partial charge in [-0.25, -0.2) is 0 Å². The minimum atomic E-state index is -0.269. The Bertz CT molecular complexity index is 623. The van der Waals surface area contributed by atoms with E-state index < -0.39 is 0 Å². The summed E-state index contributed by atoms with van der Waals surface area (Å²) in [6.07, 6.45) is 0. The van der Waals surface area contributed by atoms with Crippen LogP contribution in [0.3, 0.4) is 0 Å². The minimum Gasteiger partial charge on any atom is -0.412 e. The van der Waals surface area contributed by atoms with Crippen LogP contribution in [0.5, 0.6) is 0 Å². The number of amides is 1. The highest BCUT2D eigenvalue weighted by molar-refractivity contribution is 6.30. The monoisotopic (exact) mass is 293 g/mol. The molecule has 1 fully saturated rings. The van der Waals surface area contributed by atoms with Crippen molar-refractivity contribution in [3.63, 3.8) is 0 Å². The maximum Gasteiger partial charge on any atom is 0.311 e. The Kier molecular flexibility index (Phi) is 3.66. The van der Waals surface area contributed by atoms with Gasteiger partial charge < -0.3 is 14.1 Å². The van der Waals surface area contributed by atoms with Gasteiger partial charge >= 0.3 is 11.8 Å². The first kappa shape index (κ1) is 13.1. The van der Waals surface area contributed by atoms with Crippen molar-refractivity contribution in [1.82, 2.24) is 15.1 Å². The Labute approximate surface area is 120 Å². The van der Waals surface area contributed by atoms with Crippen LogP contribution in [0, 0.1) is 0 Å². The number of benzene rings is 1. The molecule has 7 heteroatoms. The second-order valence-corrected chi connectivity index (χ2v) is 4.76. The number of halogens is 1. The van der Waals surface area contributed by atoms with E-state index in [0.717, 1.165) is 0 Å². The van der Waals surface area contributed by atoms with E-state index in [1.807, 2.05) is 0 Å². The van der Waals surface area contributed by atoms with E-state index in [1.165, 1.54) is 0 Å². The van der Waals surface area contributed by atoms with Gasteiger partial charge in [0.25, 0.3) is 0 Å². The number of hydrogen-bond acceptors (Lipinski definition) is 5. The summed E-state index contributed by atoms with van der Waals surface area (Å²) < 4.78 is 10.6. The molecule has 104 valence electrons. The van der Waals surface area contributed by atoms with Crippen molar-refractivity contribution in [2.24, 2.45) is 0 Å². The van der Waals surface area contributed by atoms with Crippen molar-refractivity contribution < 1.29 is 13.9 Å². The lowest BCUT2D eigenvalue weighted by atomic mass is 10.2. The normalized spacial score (nSPS) is 15.3. The first-order valence-corrected chi connectivity index (χ1v) is 6.58. The molecule has 0 bridgehead atoms. The molecule has 0 unspecified atom stereocenters. The Hall–Kier alpha value is -1.92. The number of rotatable bonds is 2. The van der Waals surface area contributed by atoms with Crippen molar-refractivity contribution in [1.29, 1.82) is 0 Å². The van der Waals surface area contributed by atoms with Gasteiger partial charge in [0.05, 0.1) is 13.2 Å². The van der Waals surface area contributed by atoms with Crippen molar-refractivity contribution >= 4 is 17.5 Å². The average Bonchev–Trinajstić information content (AvgIpc) is 2.97. The molecule has 2 heterocycles. The molecule has 1 aliphatic heterocycles. The molecule has 3 rings (SSSR count). The van der Waals surface area contributed by atoms with Crippen LogP contribution in [0.4, 0.5) is 0 Å². The zero-order chi connectivity index (χ0) is 13.9. The lowest BCUT2D eigenvalue weighted by Gasteiger charge is -2.25. The zero-order valence-corrected chi connectivity index (χ0v) is 11.3. The number of ether oxygens (including phenoxy) is 1. The summed E-state index contributed by atoms with van der Waals surface area (Å²) in [5.74, 6) is 0.0000583. The Balaban J connectivity index is 1.81. The molecule has 1 aromatic heterocycles. The molecular weight excluding hydrogens is 282 g/mol. The largest absolute Gasteiger partial charge is 0.412 e. The first-order chi connectivity index (χ1) is 9.74. The van der Waals surface area contributed by atoms with Gasteiger partial charge in [-0.1, -0.05) is 17.7 Å². The molecule has 1 saturated heterocycles. The molecule has 0 spiro atoms. The number of morpholine rings is 1. The van der Waals surface area contributed by atoms with Crippen LogP contribution in [-0.2, 0) is 4.74 Å². The van der Waals surface area contributed by atoms with Gasteiger partial charge in [-0.15, -0.1) is 10.2 Å². The molecule has 0 aliphatic carbocycles. The minimum absolute atomic E-state index is 0.0122. The van der Waals surface area contributed by atoms with Crippen molar-refractivity contribution in [3.05, 3.63) is 35.2 Å². The van der Waals surface area contributed by atoms with Crippen LogP contribution in [0.1, 0.15) is 10.7 Å². The van der Waals surface area contributed by atoms with Crippen LogP contribution in [0.2, 0.25) is 5.02 Å². The van der Waals surface area contributed by atoms with Crippen LogP contribution in [0.25, 0.3) is 11.5 Å². The second-order valence-electron chi connectivity index (χ2n) is 4.33. The molecule has 0 radical (unpaired) electrons. The molecule has 20 heavy (non-hydrogen) atoms. The predicted molar refractivity (Wildman–Crippen MR) is 71.5 cm³/mol. The van der Waals surface area contributed by atoms with Crippen molar-refractivity contribution in [2.45, 2.75) is 0 Å². The highest BCUT2D eigenvalue weighted by atomic mass is 35.5. The smallest absolute Gasteiger partial charge is 0.311 e. The topological polar surface area (TPSA) is 68.5 Å². The van der Waals surface area contributed by atoms with Crippen LogP contribution < -0.4 is 0 Å². The maximum absolute atomic E-state index is 12.2. The Morgan fingerprint density at radius 2 is 2.05 bits per heavy atom. The lowest BCUT2D eigenvalue weighted by Crippen LogP contribution is -2.40. The third kappa shape index (κ3) is 2.66. The summed E-state index contributed by atoms with van der Waals surface area (Å²) in [6.45, 7) is 2.13. The van der Waals surface area contributed by atoms with Crippen molar-refractivity contribution in [2.75, 3.05) is 26.3 Å². The number of nitrogens with zero attached hydrogens (tertiary/aromatic N) is 3. The predicted octanol–water partition coefficient (Wildman–Crippen LogP) is 1.86. The van der Waals surface area contributed by atoms with Crippen LogP contribution in [0.15, 0.2) is 28.7 Å². The third-order valence-electron chi connectivity index (χ3n) is 2.98. The molecular formula is C13H12ClN3O3. The molecule has 0 atom stereocenters. The Morgan fingerprint density at radius 1 is 1.25 bits per heavy atom. The van der Waals surface area contributed by atoms with Gasteiger partial charge in [-0.05, 0) is 18.2 Å². The molecule has 0 saturated carbocycles. The highest BCUT2D eigenvalue weighted by Gasteiger charge is 2.24. The lowest BCUT2D eigenvalue weighted by molar-refractivity contribution is 0.0278. The summed E-state index contributed by atoms with van der Waals surface area (Å²) in [5.41, 5.74) is 0.686. The fourth-order valence-corrected chi connectivity index (χ4v) is 2.14.